The Hall–Kier alpha value is -0.610. The number of piperidine rings is 2. The molecule has 0 spiro atoms. The summed E-state index contributed by atoms with van der Waals surface area (Å²) in [6.45, 7) is 4.88. The molecule has 4 heteroatoms. The fraction of sp³-hybridized carbons (Fsp3) is 0.824. The molecular formula is C17H27N3S. The van der Waals surface area contributed by atoms with Gasteiger partial charge in [0.25, 0.3) is 0 Å². The van der Waals surface area contributed by atoms with Gasteiger partial charge in [-0.1, -0.05) is 19.3 Å². The molecule has 3 nitrogen and oxygen atoms in total. The molecule has 2 atom stereocenters. The van der Waals surface area contributed by atoms with Gasteiger partial charge in [-0.2, -0.15) is 0 Å². The molecule has 0 radical (unpaired) electrons. The predicted octanol–water partition coefficient (Wildman–Crippen LogP) is 3.63. The van der Waals surface area contributed by atoms with Crippen molar-refractivity contribution in [2.75, 3.05) is 31.1 Å². The van der Waals surface area contributed by atoms with Crippen molar-refractivity contribution in [1.82, 2.24) is 10.3 Å². The van der Waals surface area contributed by atoms with Crippen LogP contribution in [0.25, 0.3) is 0 Å². The number of hydrogen-bond donors (Lipinski definition) is 1. The van der Waals surface area contributed by atoms with Crippen molar-refractivity contribution in [3.8, 4) is 0 Å². The zero-order chi connectivity index (χ0) is 14.1. The lowest BCUT2D eigenvalue weighted by atomic mass is 9.81. The fourth-order valence-corrected chi connectivity index (χ4v) is 5.56. The van der Waals surface area contributed by atoms with Gasteiger partial charge >= 0.3 is 0 Å². The third kappa shape index (κ3) is 2.98. The molecule has 21 heavy (non-hydrogen) atoms. The molecule has 1 saturated carbocycles. The van der Waals surface area contributed by atoms with Crippen LogP contribution in [-0.4, -0.2) is 31.2 Å². The van der Waals surface area contributed by atoms with Crippen molar-refractivity contribution in [2.45, 2.75) is 50.9 Å². The van der Waals surface area contributed by atoms with E-state index in [0.717, 1.165) is 17.8 Å². The highest BCUT2D eigenvalue weighted by atomic mass is 32.1. The normalized spacial score (nSPS) is 31.1. The average molecular weight is 305 g/mol. The van der Waals surface area contributed by atoms with Crippen LogP contribution in [0.3, 0.4) is 0 Å². The first kappa shape index (κ1) is 14.0. The first-order chi connectivity index (χ1) is 10.4. The van der Waals surface area contributed by atoms with E-state index in [1.54, 1.807) is 4.88 Å². The van der Waals surface area contributed by atoms with Gasteiger partial charge in [0, 0.05) is 24.2 Å². The van der Waals surface area contributed by atoms with Crippen LogP contribution in [0.4, 0.5) is 5.13 Å². The molecule has 3 fully saturated rings. The van der Waals surface area contributed by atoms with Crippen LogP contribution in [0, 0.1) is 11.8 Å². The van der Waals surface area contributed by atoms with E-state index in [4.69, 9.17) is 4.98 Å². The highest BCUT2D eigenvalue weighted by Gasteiger charge is 2.32. The predicted molar refractivity (Wildman–Crippen MR) is 89.2 cm³/mol. The quantitative estimate of drug-likeness (QED) is 0.904. The maximum Gasteiger partial charge on any atom is 0.185 e. The minimum absolute atomic E-state index is 0.805. The molecule has 3 aliphatic rings. The van der Waals surface area contributed by atoms with Gasteiger partial charge in [0.05, 0.1) is 0 Å². The Bertz CT molecular complexity index is 466. The second-order valence-electron chi connectivity index (χ2n) is 7.13. The van der Waals surface area contributed by atoms with E-state index in [9.17, 15) is 0 Å². The number of thiazole rings is 1. The molecule has 1 aliphatic carbocycles. The molecule has 0 bridgehead atoms. The van der Waals surface area contributed by atoms with E-state index < -0.39 is 0 Å². The van der Waals surface area contributed by atoms with Gasteiger partial charge in [-0.15, -0.1) is 11.3 Å². The molecule has 1 aromatic rings. The van der Waals surface area contributed by atoms with Crippen LogP contribution in [0.5, 0.6) is 0 Å². The SMILES string of the molecule is c1nc(N2CC[C@@H]3CCNC[C@@H]3C2)sc1C1CCCCC1. The summed E-state index contributed by atoms with van der Waals surface area (Å²) in [6.07, 6.45) is 12.0. The Morgan fingerprint density at radius 2 is 2.00 bits per heavy atom. The zero-order valence-electron chi connectivity index (χ0n) is 12.9. The van der Waals surface area contributed by atoms with E-state index in [2.05, 4.69) is 16.4 Å². The Morgan fingerprint density at radius 1 is 1.10 bits per heavy atom. The summed E-state index contributed by atoms with van der Waals surface area (Å²) in [5.74, 6) is 2.61. The van der Waals surface area contributed by atoms with Gasteiger partial charge in [0.15, 0.2) is 5.13 Å². The number of anilines is 1. The number of hydrogen-bond acceptors (Lipinski definition) is 4. The van der Waals surface area contributed by atoms with Gasteiger partial charge in [-0.3, -0.25) is 0 Å². The molecule has 4 rings (SSSR count). The third-order valence-corrected chi connectivity index (χ3v) is 7.00. The molecule has 1 aromatic heterocycles. The largest absolute Gasteiger partial charge is 0.348 e. The monoisotopic (exact) mass is 305 g/mol. The van der Waals surface area contributed by atoms with Gasteiger partial charge in [0.1, 0.15) is 0 Å². The molecule has 116 valence electrons. The Morgan fingerprint density at radius 3 is 2.90 bits per heavy atom. The number of aromatic nitrogens is 1. The Labute approximate surface area is 132 Å². The van der Waals surface area contributed by atoms with Crippen LogP contribution < -0.4 is 10.2 Å². The minimum atomic E-state index is 0.805. The maximum atomic E-state index is 4.78. The molecule has 2 saturated heterocycles. The van der Waals surface area contributed by atoms with E-state index >= 15 is 0 Å². The molecule has 0 unspecified atom stereocenters. The van der Waals surface area contributed by atoms with E-state index in [1.165, 1.54) is 76.3 Å². The smallest absolute Gasteiger partial charge is 0.185 e. The van der Waals surface area contributed by atoms with Crippen molar-refractivity contribution in [2.24, 2.45) is 11.8 Å². The van der Waals surface area contributed by atoms with Crippen LogP contribution in [0.2, 0.25) is 0 Å². The van der Waals surface area contributed by atoms with Gasteiger partial charge in [-0.05, 0) is 56.5 Å². The van der Waals surface area contributed by atoms with E-state index in [1.807, 2.05) is 11.3 Å². The molecule has 1 N–H and O–H groups in total. The summed E-state index contributed by atoms with van der Waals surface area (Å²) >= 11 is 1.98. The lowest BCUT2D eigenvalue weighted by Gasteiger charge is -2.41. The van der Waals surface area contributed by atoms with Crippen molar-refractivity contribution in [3.05, 3.63) is 11.1 Å². The first-order valence-corrected chi connectivity index (χ1v) is 9.63. The molecule has 2 aliphatic heterocycles. The second-order valence-corrected chi connectivity index (χ2v) is 8.17. The lowest BCUT2D eigenvalue weighted by molar-refractivity contribution is 0.217. The zero-order valence-corrected chi connectivity index (χ0v) is 13.7. The van der Waals surface area contributed by atoms with Crippen molar-refractivity contribution in [3.63, 3.8) is 0 Å². The van der Waals surface area contributed by atoms with E-state index in [0.29, 0.717) is 0 Å². The van der Waals surface area contributed by atoms with Gasteiger partial charge < -0.3 is 10.2 Å². The Kier molecular flexibility index (Phi) is 4.17. The lowest BCUT2D eigenvalue weighted by Crippen LogP contribution is -2.48. The maximum absolute atomic E-state index is 4.78. The summed E-state index contributed by atoms with van der Waals surface area (Å²) in [7, 11) is 0. The molecular weight excluding hydrogens is 278 g/mol. The number of rotatable bonds is 2. The van der Waals surface area contributed by atoms with E-state index in [-0.39, 0.29) is 0 Å². The summed E-state index contributed by atoms with van der Waals surface area (Å²) in [6, 6.07) is 0. The van der Waals surface area contributed by atoms with Crippen molar-refractivity contribution in [1.29, 1.82) is 0 Å². The van der Waals surface area contributed by atoms with Crippen LogP contribution >= 0.6 is 11.3 Å². The number of nitrogens with one attached hydrogen (secondary N) is 1. The number of fused-ring (bicyclic) bond motifs is 1. The van der Waals surface area contributed by atoms with Crippen molar-refractivity contribution < 1.29 is 0 Å². The summed E-state index contributed by atoms with van der Waals surface area (Å²) in [5.41, 5.74) is 0. The van der Waals surface area contributed by atoms with Crippen LogP contribution in [0.15, 0.2) is 6.20 Å². The highest BCUT2D eigenvalue weighted by molar-refractivity contribution is 7.15. The average Bonchev–Trinajstić information content (AvgIpc) is 3.05. The third-order valence-electron chi connectivity index (χ3n) is 5.78. The van der Waals surface area contributed by atoms with Gasteiger partial charge in [-0.25, -0.2) is 4.98 Å². The van der Waals surface area contributed by atoms with Crippen molar-refractivity contribution >= 4 is 16.5 Å². The first-order valence-electron chi connectivity index (χ1n) is 8.81. The summed E-state index contributed by atoms with van der Waals surface area (Å²) in [4.78, 5) is 8.89. The number of nitrogens with zero attached hydrogens (tertiary/aromatic N) is 2. The standard InChI is InChI=1S/C17H27N3S/c1-2-4-14(5-3-1)16-11-19-17(21-16)20-9-7-13-6-8-18-10-15(13)12-20/h11,13-15,18H,1-10,12H2/t13-,15+/m0/s1. The molecule has 3 heterocycles. The highest BCUT2D eigenvalue weighted by Crippen LogP contribution is 2.39. The van der Waals surface area contributed by atoms with Gasteiger partial charge in [0.2, 0.25) is 0 Å². The second kappa shape index (κ2) is 6.25. The molecule has 0 amide bonds. The fourth-order valence-electron chi connectivity index (χ4n) is 4.44. The molecule has 0 aromatic carbocycles. The topological polar surface area (TPSA) is 28.2 Å². The summed E-state index contributed by atoms with van der Waals surface area (Å²) in [5, 5.41) is 4.86. The Balaban J connectivity index is 1.43. The summed E-state index contributed by atoms with van der Waals surface area (Å²) < 4.78 is 0. The van der Waals surface area contributed by atoms with Crippen LogP contribution in [0.1, 0.15) is 55.7 Å². The van der Waals surface area contributed by atoms with Crippen LogP contribution in [-0.2, 0) is 0 Å². The minimum Gasteiger partial charge on any atom is -0.348 e.